The number of ether oxygens (including phenoxy) is 1. The Labute approximate surface area is 235 Å². The van der Waals surface area contributed by atoms with Gasteiger partial charge in [-0.3, -0.25) is 0 Å². The van der Waals surface area contributed by atoms with E-state index in [9.17, 15) is 9.90 Å². The number of piperidine rings is 1. The lowest BCUT2D eigenvalue weighted by atomic mass is 9.98. The van der Waals surface area contributed by atoms with Crippen molar-refractivity contribution in [2.45, 2.75) is 52.4 Å². The van der Waals surface area contributed by atoms with Gasteiger partial charge in [0.1, 0.15) is 5.82 Å². The van der Waals surface area contributed by atoms with Gasteiger partial charge in [-0.1, -0.05) is 12.1 Å². The zero-order chi connectivity index (χ0) is 28.1. The lowest BCUT2D eigenvalue weighted by Crippen LogP contribution is -2.58. The van der Waals surface area contributed by atoms with Crippen LogP contribution >= 0.6 is 0 Å². The third-order valence-electron chi connectivity index (χ3n) is 7.52. The van der Waals surface area contributed by atoms with Crippen molar-refractivity contribution in [2.24, 2.45) is 5.92 Å². The molecule has 2 aliphatic rings. The van der Waals surface area contributed by atoms with Crippen molar-refractivity contribution in [3.63, 3.8) is 0 Å². The molecule has 212 valence electrons. The summed E-state index contributed by atoms with van der Waals surface area (Å²) in [7, 11) is 0. The number of amides is 2. The van der Waals surface area contributed by atoms with E-state index in [4.69, 9.17) is 9.72 Å². The maximum atomic E-state index is 12.5. The van der Waals surface area contributed by atoms with Gasteiger partial charge in [0.05, 0.1) is 42.9 Å². The van der Waals surface area contributed by atoms with Gasteiger partial charge in [0, 0.05) is 38.0 Å². The van der Waals surface area contributed by atoms with E-state index in [2.05, 4.69) is 31.6 Å². The molecular weight excluding hydrogens is 506 g/mol. The molecule has 2 aromatic heterocycles. The SMILES string of the molecule is Cc1cc(-c2ccnc(Nc3ccc(N4CCC(CO)CC4)nc3)n2)ccc1CNC(=O)N1CC(OC(C)C)C1. The molecule has 5 rings (SSSR count). The number of likely N-dealkylation sites (tertiary alicyclic amines) is 1. The molecule has 0 radical (unpaired) electrons. The largest absolute Gasteiger partial charge is 0.396 e. The molecule has 3 aromatic rings. The fraction of sp³-hybridized carbons (Fsp3) is 0.467. The van der Waals surface area contributed by atoms with Crippen LogP contribution in [0.4, 0.5) is 22.2 Å². The van der Waals surface area contributed by atoms with E-state index in [1.807, 2.05) is 51.1 Å². The Bertz CT molecular complexity index is 1290. The average Bonchev–Trinajstić information content (AvgIpc) is 2.94. The molecule has 2 amide bonds. The highest BCUT2D eigenvalue weighted by atomic mass is 16.5. The summed E-state index contributed by atoms with van der Waals surface area (Å²) in [5.41, 5.74) is 4.75. The Morgan fingerprint density at radius 2 is 1.93 bits per heavy atom. The van der Waals surface area contributed by atoms with Crippen molar-refractivity contribution in [1.29, 1.82) is 0 Å². The van der Waals surface area contributed by atoms with E-state index >= 15 is 0 Å². The number of carbonyl (C=O) groups excluding carboxylic acids is 1. The molecule has 3 N–H and O–H groups in total. The molecular formula is C30H39N7O3. The number of rotatable bonds is 9. The zero-order valence-corrected chi connectivity index (χ0v) is 23.5. The first-order valence-electron chi connectivity index (χ1n) is 14.1. The molecule has 10 nitrogen and oxygen atoms in total. The van der Waals surface area contributed by atoms with Crippen LogP contribution in [-0.4, -0.2) is 76.0 Å². The van der Waals surface area contributed by atoms with Gasteiger partial charge in [-0.15, -0.1) is 0 Å². The Kier molecular flexibility index (Phi) is 8.76. The van der Waals surface area contributed by atoms with E-state index < -0.39 is 0 Å². The van der Waals surface area contributed by atoms with Crippen molar-refractivity contribution in [3.8, 4) is 11.3 Å². The quantitative estimate of drug-likeness (QED) is 0.368. The van der Waals surface area contributed by atoms with Gasteiger partial charge in [0.2, 0.25) is 5.95 Å². The molecule has 2 aliphatic heterocycles. The zero-order valence-electron chi connectivity index (χ0n) is 23.5. The molecule has 0 bridgehead atoms. The third kappa shape index (κ3) is 6.86. The number of anilines is 3. The fourth-order valence-electron chi connectivity index (χ4n) is 5.11. The minimum atomic E-state index is -0.0626. The molecule has 0 atom stereocenters. The molecule has 1 aromatic carbocycles. The summed E-state index contributed by atoms with van der Waals surface area (Å²) < 4.78 is 5.73. The van der Waals surface area contributed by atoms with Crippen molar-refractivity contribution in [3.05, 3.63) is 59.9 Å². The van der Waals surface area contributed by atoms with E-state index in [1.165, 1.54) is 0 Å². The second-order valence-corrected chi connectivity index (χ2v) is 10.9. The minimum absolute atomic E-state index is 0.0626. The van der Waals surface area contributed by atoms with Gasteiger partial charge in [-0.2, -0.15) is 0 Å². The van der Waals surface area contributed by atoms with E-state index in [-0.39, 0.29) is 24.8 Å². The van der Waals surface area contributed by atoms with Gasteiger partial charge in [-0.05, 0) is 74.9 Å². The van der Waals surface area contributed by atoms with E-state index in [0.717, 1.165) is 59.8 Å². The van der Waals surface area contributed by atoms with Crippen LogP contribution in [0.5, 0.6) is 0 Å². The number of aryl methyl sites for hydroxylation is 1. The monoisotopic (exact) mass is 545 g/mol. The van der Waals surface area contributed by atoms with Gasteiger partial charge < -0.3 is 30.3 Å². The Hall–Kier alpha value is -3.76. The average molecular weight is 546 g/mol. The number of pyridine rings is 1. The van der Waals surface area contributed by atoms with Crippen molar-refractivity contribution >= 4 is 23.5 Å². The first-order chi connectivity index (χ1) is 19.4. The summed E-state index contributed by atoms with van der Waals surface area (Å²) in [6.45, 7) is 9.88. The lowest BCUT2D eigenvalue weighted by molar-refractivity contribution is -0.0641. The second-order valence-electron chi connectivity index (χ2n) is 10.9. The Morgan fingerprint density at radius 1 is 1.12 bits per heavy atom. The van der Waals surface area contributed by atoms with Crippen LogP contribution in [0, 0.1) is 12.8 Å². The molecule has 0 aliphatic carbocycles. The smallest absolute Gasteiger partial charge is 0.317 e. The number of carbonyl (C=O) groups is 1. The lowest BCUT2D eigenvalue weighted by Gasteiger charge is -2.39. The predicted molar refractivity (Wildman–Crippen MR) is 156 cm³/mol. The van der Waals surface area contributed by atoms with E-state index in [1.54, 1.807) is 17.3 Å². The first-order valence-corrected chi connectivity index (χ1v) is 14.1. The van der Waals surface area contributed by atoms with Crippen LogP contribution in [0.2, 0.25) is 0 Å². The van der Waals surface area contributed by atoms with Gasteiger partial charge in [0.25, 0.3) is 0 Å². The van der Waals surface area contributed by atoms with Gasteiger partial charge in [-0.25, -0.2) is 19.7 Å². The summed E-state index contributed by atoms with van der Waals surface area (Å²) in [4.78, 5) is 30.2. The summed E-state index contributed by atoms with van der Waals surface area (Å²) in [6.07, 6.45) is 5.82. The fourth-order valence-corrected chi connectivity index (χ4v) is 5.11. The molecule has 40 heavy (non-hydrogen) atoms. The van der Waals surface area contributed by atoms with E-state index in [0.29, 0.717) is 31.5 Å². The van der Waals surface area contributed by atoms with Crippen LogP contribution in [-0.2, 0) is 11.3 Å². The Balaban J connectivity index is 1.15. The molecule has 0 saturated carbocycles. The van der Waals surface area contributed by atoms with Crippen molar-refractivity contribution in [2.75, 3.05) is 43.0 Å². The highest BCUT2D eigenvalue weighted by molar-refractivity contribution is 5.75. The Morgan fingerprint density at radius 3 is 2.60 bits per heavy atom. The molecule has 4 heterocycles. The maximum absolute atomic E-state index is 12.5. The first kappa shape index (κ1) is 27.8. The highest BCUT2D eigenvalue weighted by Crippen LogP contribution is 2.25. The summed E-state index contributed by atoms with van der Waals surface area (Å²) in [5.74, 6) is 1.84. The minimum Gasteiger partial charge on any atom is -0.396 e. The number of nitrogens with one attached hydrogen (secondary N) is 2. The highest BCUT2D eigenvalue weighted by Gasteiger charge is 2.31. The number of aromatic nitrogens is 3. The van der Waals surface area contributed by atoms with Crippen LogP contribution in [0.3, 0.4) is 0 Å². The number of hydrogen-bond acceptors (Lipinski definition) is 8. The molecule has 2 fully saturated rings. The van der Waals surface area contributed by atoms with Crippen LogP contribution in [0.1, 0.15) is 37.8 Å². The normalized spacial score (nSPS) is 16.2. The number of benzene rings is 1. The molecule has 10 heteroatoms. The van der Waals surface area contributed by atoms with Crippen molar-refractivity contribution < 1.29 is 14.6 Å². The number of urea groups is 1. The van der Waals surface area contributed by atoms with Gasteiger partial charge >= 0.3 is 6.03 Å². The summed E-state index contributed by atoms with van der Waals surface area (Å²) >= 11 is 0. The number of aliphatic hydroxyl groups excluding tert-OH is 1. The van der Waals surface area contributed by atoms with Crippen LogP contribution < -0.4 is 15.5 Å². The molecule has 2 saturated heterocycles. The van der Waals surface area contributed by atoms with Crippen LogP contribution in [0.25, 0.3) is 11.3 Å². The summed E-state index contributed by atoms with van der Waals surface area (Å²) in [5, 5.41) is 15.6. The summed E-state index contributed by atoms with van der Waals surface area (Å²) in [6, 6.07) is 12.0. The third-order valence-corrected chi connectivity index (χ3v) is 7.52. The molecule has 0 spiro atoms. The van der Waals surface area contributed by atoms with Crippen LogP contribution in [0.15, 0.2) is 48.8 Å². The maximum Gasteiger partial charge on any atom is 0.317 e. The number of hydrogen-bond donors (Lipinski definition) is 3. The number of nitrogens with zero attached hydrogens (tertiary/aromatic N) is 5. The van der Waals surface area contributed by atoms with Crippen molar-refractivity contribution in [1.82, 2.24) is 25.2 Å². The molecule has 0 unspecified atom stereocenters. The second kappa shape index (κ2) is 12.6. The topological polar surface area (TPSA) is 116 Å². The van der Waals surface area contributed by atoms with Gasteiger partial charge in [0.15, 0.2) is 0 Å². The standard InChI is InChI=1S/C30H39N7O3/c1-20(2)40-26-17-37(18-26)30(39)33-15-24-5-4-23(14-21(24)3)27-8-11-31-29(35-27)34-25-6-7-28(32-16-25)36-12-9-22(19-38)10-13-36/h4-8,11,14,16,20,22,26,38H,9-10,12-13,15,17-19H2,1-3H3,(H,33,39)(H,31,34,35). The predicted octanol–water partition coefficient (Wildman–Crippen LogP) is 4.12. The number of aliphatic hydroxyl groups is 1.